The summed E-state index contributed by atoms with van der Waals surface area (Å²) in [6.45, 7) is 0.146. The first-order valence-electron chi connectivity index (χ1n) is 8.91. The van der Waals surface area contributed by atoms with Gasteiger partial charge >= 0.3 is 6.18 Å². The Morgan fingerprint density at radius 3 is 2.30 bits per heavy atom. The smallest absolute Gasteiger partial charge is 0.339 e. The number of hydrogen-bond donors (Lipinski definition) is 0. The Balaban J connectivity index is 1.61. The zero-order chi connectivity index (χ0) is 21.9. The van der Waals surface area contributed by atoms with Crippen molar-refractivity contribution in [1.82, 2.24) is 9.21 Å². The van der Waals surface area contributed by atoms with Crippen LogP contribution in [0.5, 0.6) is 0 Å². The van der Waals surface area contributed by atoms with Crippen LogP contribution in [0.3, 0.4) is 0 Å². The summed E-state index contributed by atoms with van der Waals surface area (Å²) < 4.78 is 78.7. The largest absolute Gasteiger partial charge is 0.416 e. The molecule has 1 fully saturated rings. The fourth-order valence-corrected chi connectivity index (χ4v) is 5.26. The second kappa shape index (κ2) is 8.94. The molecule has 0 saturated carbocycles. The Bertz CT molecular complexity index is 1020. The molecule has 2 aromatic rings. The molecule has 30 heavy (non-hydrogen) atoms. The Labute approximate surface area is 175 Å². The molecule has 1 saturated heterocycles. The van der Waals surface area contributed by atoms with Gasteiger partial charge in [0.25, 0.3) is 0 Å². The zero-order valence-electron chi connectivity index (χ0n) is 15.6. The molecule has 1 heterocycles. The van der Waals surface area contributed by atoms with Gasteiger partial charge in [0.2, 0.25) is 15.9 Å². The maximum atomic E-state index is 13.6. The number of carbonyl (C=O) groups excluding carboxylic acids is 1. The number of thioether (sulfide) groups is 1. The van der Waals surface area contributed by atoms with Crippen LogP contribution in [-0.2, 0) is 21.0 Å². The number of alkyl halides is 3. The van der Waals surface area contributed by atoms with E-state index in [-0.39, 0.29) is 37.8 Å². The molecular weight excluding hydrogens is 444 g/mol. The normalized spacial score (nSPS) is 15.9. The highest BCUT2D eigenvalue weighted by Gasteiger charge is 2.34. The lowest BCUT2D eigenvalue weighted by Crippen LogP contribution is -2.51. The van der Waals surface area contributed by atoms with Crippen LogP contribution in [0.15, 0.2) is 58.3 Å². The lowest BCUT2D eigenvalue weighted by Gasteiger charge is -2.34. The lowest BCUT2D eigenvalue weighted by atomic mass is 10.2. The van der Waals surface area contributed by atoms with Crippen LogP contribution in [0.1, 0.15) is 5.56 Å². The first kappa shape index (κ1) is 22.6. The minimum Gasteiger partial charge on any atom is -0.339 e. The molecule has 0 radical (unpaired) electrons. The van der Waals surface area contributed by atoms with E-state index in [0.29, 0.717) is 11.0 Å². The van der Waals surface area contributed by atoms with Crippen molar-refractivity contribution < 1.29 is 30.8 Å². The number of halogens is 4. The number of piperazine rings is 1. The maximum absolute atomic E-state index is 13.6. The van der Waals surface area contributed by atoms with Gasteiger partial charge in [-0.1, -0.05) is 18.2 Å². The van der Waals surface area contributed by atoms with Crippen molar-refractivity contribution in [2.24, 2.45) is 0 Å². The lowest BCUT2D eigenvalue weighted by molar-refractivity contribution is -0.137. The molecule has 162 valence electrons. The Morgan fingerprint density at radius 2 is 1.67 bits per heavy atom. The fourth-order valence-electron chi connectivity index (χ4n) is 2.95. The van der Waals surface area contributed by atoms with Gasteiger partial charge in [-0.05, 0) is 30.3 Å². The summed E-state index contributed by atoms with van der Waals surface area (Å²) in [6.07, 6.45) is -4.65. The first-order chi connectivity index (χ1) is 14.1. The predicted octanol–water partition coefficient (Wildman–Crippen LogP) is 3.47. The van der Waals surface area contributed by atoms with E-state index in [9.17, 15) is 30.8 Å². The summed E-state index contributed by atoms with van der Waals surface area (Å²) in [5.41, 5.74) is -1.04. The van der Waals surface area contributed by atoms with Gasteiger partial charge in [0.1, 0.15) is 5.82 Å². The van der Waals surface area contributed by atoms with Crippen molar-refractivity contribution in [2.75, 3.05) is 31.9 Å². The third-order valence-electron chi connectivity index (χ3n) is 4.58. The second-order valence-electron chi connectivity index (χ2n) is 6.53. The highest BCUT2D eigenvalue weighted by Crippen LogP contribution is 2.31. The monoisotopic (exact) mass is 462 g/mol. The highest BCUT2D eigenvalue weighted by atomic mass is 32.2. The van der Waals surface area contributed by atoms with Crippen LogP contribution in [0, 0.1) is 5.82 Å². The minimum atomic E-state index is -4.65. The van der Waals surface area contributed by atoms with E-state index in [1.165, 1.54) is 11.0 Å². The summed E-state index contributed by atoms with van der Waals surface area (Å²) in [6, 6.07) is 9.65. The average molecular weight is 462 g/mol. The summed E-state index contributed by atoms with van der Waals surface area (Å²) in [7, 11) is -4.11. The Hall–Kier alpha value is -2.11. The van der Waals surface area contributed by atoms with E-state index < -0.39 is 32.5 Å². The molecule has 0 atom stereocenters. The highest BCUT2D eigenvalue weighted by molar-refractivity contribution is 8.00. The Kier molecular flexibility index (Phi) is 6.73. The SMILES string of the molecule is O=C(CSc1ccccc1F)N1CCN(S(=O)(=O)c2cccc(C(F)(F)F)c2)CC1. The molecule has 0 bridgehead atoms. The van der Waals surface area contributed by atoms with Crippen molar-refractivity contribution in [1.29, 1.82) is 0 Å². The number of hydrogen-bond acceptors (Lipinski definition) is 4. The minimum absolute atomic E-state index is 0.00130. The van der Waals surface area contributed by atoms with Crippen LogP contribution < -0.4 is 0 Å². The van der Waals surface area contributed by atoms with Gasteiger partial charge in [0.05, 0.1) is 16.2 Å². The van der Waals surface area contributed by atoms with E-state index in [1.807, 2.05) is 0 Å². The average Bonchev–Trinajstić information content (AvgIpc) is 2.72. The van der Waals surface area contributed by atoms with Gasteiger partial charge in [-0.25, -0.2) is 12.8 Å². The fraction of sp³-hybridized carbons (Fsp3) is 0.316. The van der Waals surface area contributed by atoms with Crippen LogP contribution in [0.25, 0.3) is 0 Å². The van der Waals surface area contributed by atoms with Crippen LogP contribution in [0.2, 0.25) is 0 Å². The van der Waals surface area contributed by atoms with Crippen molar-refractivity contribution in [3.63, 3.8) is 0 Å². The van der Waals surface area contributed by atoms with Crippen LogP contribution in [0.4, 0.5) is 17.6 Å². The van der Waals surface area contributed by atoms with E-state index in [1.54, 1.807) is 18.2 Å². The summed E-state index contributed by atoms with van der Waals surface area (Å²) in [5, 5.41) is 0. The number of rotatable bonds is 5. The molecule has 2 aromatic carbocycles. The van der Waals surface area contributed by atoms with Crippen LogP contribution in [-0.4, -0.2) is 55.5 Å². The van der Waals surface area contributed by atoms with E-state index in [4.69, 9.17) is 0 Å². The molecule has 1 amide bonds. The quantitative estimate of drug-likeness (QED) is 0.505. The molecule has 11 heteroatoms. The van der Waals surface area contributed by atoms with Crippen molar-refractivity contribution in [2.45, 2.75) is 16.0 Å². The van der Waals surface area contributed by atoms with Crippen LogP contribution >= 0.6 is 11.8 Å². The van der Waals surface area contributed by atoms with Gasteiger partial charge in [-0.2, -0.15) is 17.5 Å². The Morgan fingerprint density at radius 1 is 1.00 bits per heavy atom. The number of amides is 1. The van der Waals surface area contributed by atoms with Crippen molar-refractivity contribution in [3.05, 3.63) is 59.9 Å². The van der Waals surface area contributed by atoms with E-state index in [2.05, 4.69) is 0 Å². The number of nitrogens with zero attached hydrogens (tertiary/aromatic N) is 2. The first-order valence-corrected chi connectivity index (χ1v) is 11.3. The third kappa shape index (κ3) is 5.13. The van der Waals surface area contributed by atoms with Crippen molar-refractivity contribution in [3.8, 4) is 0 Å². The predicted molar refractivity (Wildman–Crippen MR) is 104 cm³/mol. The molecule has 5 nitrogen and oxygen atoms in total. The second-order valence-corrected chi connectivity index (χ2v) is 9.48. The molecule has 0 aromatic heterocycles. The summed E-state index contributed by atoms with van der Waals surface area (Å²) in [5.74, 6) is -0.687. The number of benzene rings is 2. The molecule has 1 aliphatic rings. The van der Waals surface area contributed by atoms with E-state index >= 15 is 0 Å². The maximum Gasteiger partial charge on any atom is 0.416 e. The summed E-state index contributed by atoms with van der Waals surface area (Å²) >= 11 is 1.05. The molecule has 0 N–H and O–H groups in total. The van der Waals surface area contributed by atoms with Gasteiger partial charge in [0, 0.05) is 31.1 Å². The van der Waals surface area contributed by atoms with E-state index in [0.717, 1.165) is 34.3 Å². The molecule has 3 rings (SSSR count). The number of sulfonamides is 1. The number of carbonyl (C=O) groups is 1. The topological polar surface area (TPSA) is 57.7 Å². The van der Waals surface area contributed by atoms with Gasteiger partial charge < -0.3 is 4.90 Å². The molecule has 0 aliphatic carbocycles. The molecule has 0 unspecified atom stereocenters. The summed E-state index contributed by atoms with van der Waals surface area (Å²) in [4.78, 5) is 13.7. The van der Waals surface area contributed by atoms with Crippen molar-refractivity contribution >= 4 is 27.7 Å². The molecular formula is C19H18F4N2O3S2. The third-order valence-corrected chi connectivity index (χ3v) is 7.51. The van der Waals surface area contributed by atoms with Gasteiger partial charge in [-0.15, -0.1) is 11.8 Å². The van der Waals surface area contributed by atoms with Gasteiger partial charge in [-0.3, -0.25) is 4.79 Å². The zero-order valence-corrected chi connectivity index (χ0v) is 17.2. The standard InChI is InChI=1S/C19H18F4N2O3S2/c20-16-6-1-2-7-17(16)29-13-18(26)24-8-10-25(11-9-24)30(27,28)15-5-3-4-14(12-15)19(21,22)23/h1-7,12H,8-11,13H2. The molecule has 0 spiro atoms. The van der Waals surface area contributed by atoms with Gasteiger partial charge in [0.15, 0.2) is 0 Å². The molecule has 1 aliphatic heterocycles.